The van der Waals surface area contributed by atoms with Crippen LogP contribution in [0.3, 0.4) is 0 Å². The number of nitrogens with one attached hydrogen (secondary N) is 1. The summed E-state index contributed by atoms with van der Waals surface area (Å²) >= 11 is 0. The van der Waals surface area contributed by atoms with E-state index in [-0.39, 0.29) is 5.60 Å². The van der Waals surface area contributed by atoms with Gasteiger partial charge in [-0.1, -0.05) is 60.7 Å². The van der Waals surface area contributed by atoms with Crippen LogP contribution in [0.15, 0.2) is 60.7 Å². The molecule has 2 saturated heterocycles. The molecular weight excluding hydrogens is 372 g/mol. The van der Waals surface area contributed by atoms with Crippen LogP contribution < -0.4 is 5.32 Å². The average Bonchev–Trinajstić information content (AvgIpc) is 2.75. The summed E-state index contributed by atoms with van der Waals surface area (Å²) in [6, 6.07) is 21.3. The first-order valence-electron chi connectivity index (χ1n) is 11.2. The number of piperazine rings is 1. The predicted molar refractivity (Wildman–Crippen MR) is 121 cm³/mol. The van der Waals surface area contributed by atoms with Crippen molar-refractivity contribution in [2.45, 2.75) is 50.2 Å². The molecule has 4 heteroatoms. The first-order valence-corrected chi connectivity index (χ1v) is 11.2. The third-order valence-corrected chi connectivity index (χ3v) is 6.74. The molecular formula is C26H34N2O2. The van der Waals surface area contributed by atoms with Gasteiger partial charge in [0, 0.05) is 32.3 Å². The summed E-state index contributed by atoms with van der Waals surface area (Å²) in [5, 5.41) is 3.52. The van der Waals surface area contributed by atoms with E-state index in [0.717, 1.165) is 44.5 Å². The molecule has 2 aliphatic heterocycles. The molecule has 2 fully saturated rings. The van der Waals surface area contributed by atoms with Gasteiger partial charge in [-0.2, -0.15) is 0 Å². The molecule has 0 amide bonds. The van der Waals surface area contributed by atoms with E-state index < -0.39 is 5.41 Å². The van der Waals surface area contributed by atoms with Gasteiger partial charge in [-0.25, -0.2) is 0 Å². The summed E-state index contributed by atoms with van der Waals surface area (Å²) in [6.45, 7) is 8.13. The van der Waals surface area contributed by atoms with Gasteiger partial charge >= 0.3 is 0 Å². The molecule has 0 spiro atoms. The highest BCUT2D eigenvalue weighted by molar-refractivity contribution is 5.92. The maximum atomic E-state index is 14.0. The van der Waals surface area contributed by atoms with Gasteiger partial charge in [0.1, 0.15) is 0 Å². The Balaban J connectivity index is 1.57. The minimum Gasteiger partial charge on any atom is -0.375 e. The van der Waals surface area contributed by atoms with Gasteiger partial charge in [0.15, 0.2) is 5.78 Å². The standard InChI is InChI=1S/C26H34N2O2/c1-25(2)20-26(13-16-30-25,22-11-7-4-8-12-22)24(29)19-28-15-14-27-18-23(28)17-21-9-5-3-6-10-21/h3-12,23,27H,13-20H2,1-2H3/t23-,26?/m1/s1. The topological polar surface area (TPSA) is 41.6 Å². The fraction of sp³-hybridized carbons (Fsp3) is 0.500. The number of ketones is 1. The highest BCUT2D eigenvalue weighted by atomic mass is 16.5. The molecule has 4 nitrogen and oxygen atoms in total. The van der Waals surface area contributed by atoms with Crippen molar-refractivity contribution in [3.63, 3.8) is 0 Å². The molecule has 0 bridgehead atoms. The molecule has 1 N–H and O–H groups in total. The van der Waals surface area contributed by atoms with Crippen LogP contribution in [0.5, 0.6) is 0 Å². The number of carbonyl (C=O) groups is 1. The molecule has 0 saturated carbocycles. The zero-order valence-electron chi connectivity index (χ0n) is 18.3. The lowest BCUT2D eigenvalue weighted by atomic mass is 9.66. The van der Waals surface area contributed by atoms with Crippen LogP contribution in [0.2, 0.25) is 0 Å². The third kappa shape index (κ3) is 4.66. The van der Waals surface area contributed by atoms with Gasteiger partial charge in [0.2, 0.25) is 0 Å². The molecule has 2 aromatic rings. The minimum absolute atomic E-state index is 0.295. The largest absolute Gasteiger partial charge is 0.375 e. The Bertz CT molecular complexity index is 837. The Morgan fingerprint density at radius 3 is 2.50 bits per heavy atom. The fourth-order valence-electron chi connectivity index (χ4n) is 5.20. The van der Waals surface area contributed by atoms with E-state index in [4.69, 9.17) is 4.74 Å². The van der Waals surface area contributed by atoms with Crippen LogP contribution in [0.25, 0.3) is 0 Å². The van der Waals surface area contributed by atoms with Gasteiger partial charge < -0.3 is 10.1 Å². The van der Waals surface area contributed by atoms with Crippen molar-refractivity contribution in [3.05, 3.63) is 71.8 Å². The van der Waals surface area contributed by atoms with E-state index >= 15 is 0 Å². The average molecular weight is 407 g/mol. The summed E-state index contributed by atoms with van der Waals surface area (Å²) < 4.78 is 6.01. The number of Topliss-reactive ketones (excluding diaryl/α,β-unsaturated/α-hetero) is 1. The third-order valence-electron chi connectivity index (χ3n) is 6.74. The van der Waals surface area contributed by atoms with Gasteiger partial charge in [0.25, 0.3) is 0 Å². The highest BCUT2D eigenvalue weighted by Crippen LogP contribution is 2.42. The van der Waals surface area contributed by atoms with Crippen LogP contribution in [0.1, 0.15) is 37.8 Å². The summed E-state index contributed by atoms with van der Waals surface area (Å²) in [7, 11) is 0. The van der Waals surface area contributed by atoms with Crippen LogP contribution in [-0.2, 0) is 21.4 Å². The fourth-order valence-corrected chi connectivity index (χ4v) is 5.20. The van der Waals surface area contributed by atoms with Crippen molar-refractivity contribution < 1.29 is 9.53 Å². The lowest BCUT2D eigenvalue weighted by Crippen LogP contribution is -2.57. The maximum Gasteiger partial charge on any atom is 0.157 e. The number of benzene rings is 2. The van der Waals surface area contributed by atoms with Gasteiger partial charge in [-0.15, -0.1) is 0 Å². The zero-order chi connectivity index (χ0) is 21.0. The normalized spacial score (nSPS) is 26.9. The number of nitrogens with zero attached hydrogens (tertiary/aromatic N) is 1. The quantitative estimate of drug-likeness (QED) is 0.796. The molecule has 4 rings (SSSR count). The van der Waals surface area contributed by atoms with Crippen LogP contribution in [-0.4, -0.2) is 55.1 Å². The summed E-state index contributed by atoms with van der Waals surface area (Å²) in [5.41, 5.74) is 1.71. The lowest BCUT2D eigenvalue weighted by molar-refractivity contribution is -0.139. The second-order valence-corrected chi connectivity index (χ2v) is 9.42. The van der Waals surface area contributed by atoms with E-state index in [0.29, 0.717) is 25.0 Å². The van der Waals surface area contributed by atoms with Crippen molar-refractivity contribution >= 4 is 5.78 Å². The van der Waals surface area contributed by atoms with E-state index in [9.17, 15) is 4.79 Å². The van der Waals surface area contributed by atoms with Gasteiger partial charge in [-0.05, 0) is 44.2 Å². The maximum absolute atomic E-state index is 14.0. The first kappa shape index (κ1) is 21.2. The minimum atomic E-state index is -0.467. The SMILES string of the molecule is CC1(C)CC(C(=O)CN2CCNC[C@H]2Cc2ccccc2)(c2ccccc2)CCO1. The zero-order valence-corrected chi connectivity index (χ0v) is 18.3. The molecule has 2 heterocycles. The van der Waals surface area contributed by atoms with Crippen molar-refractivity contribution in [1.82, 2.24) is 10.2 Å². The second kappa shape index (κ2) is 9.01. The van der Waals surface area contributed by atoms with Crippen LogP contribution >= 0.6 is 0 Å². The number of hydrogen-bond acceptors (Lipinski definition) is 4. The van der Waals surface area contributed by atoms with Crippen molar-refractivity contribution in [2.24, 2.45) is 0 Å². The predicted octanol–water partition coefficient (Wildman–Crippen LogP) is 3.60. The van der Waals surface area contributed by atoms with E-state index in [1.807, 2.05) is 6.07 Å². The molecule has 0 radical (unpaired) electrons. The van der Waals surface area contributed by atoms with Crippen molar-refractivity contribution in [1.29, 1.82) is 0 Å². The Morgan fingerprint density at radius 2 is 1.80 bits per heavy atom. The Kier molecular flexibility index (Phi) is 6.37. The smallest absolute Gasteiger partial charge is 0.157 e. The first-order chi connectivity index (χ1) is 14.5. The monoisotopic (exact) mass is 406 g/mol. The number of carbonyl (C=O) groups excluding carboxylic acids is 1. The Labute approximate surface area is 180 Å². The second-order valence-electron chi connectivity index (χ2n) is 9.42. The number of hydrogen-bond donors (Lipinski definition) is 1. The molecule has 30 heavy (non-hydrogen) atoms. The molecule has 0 aliphatic carbocycles. The van der Waals surface area contributed by atoms with E-state index in [2.05, 4.69) is 78.7 Å². The number of ether oxygens (including phenoxy) is 1. The summed E-state index contributed by atoms with van der Waals surface area (Å²) in [6.07, 6.45) is 2.46. The lowest BCUT2D eigenvalue weighted by Gasteiger charge is -2.46. The molecule has 2 atom stereocenters. The summed E-state index contributed by atoms with van der Waals surface area (Å²) in [5.74, 6) is 0.338. The molecule has 0 aromatic heterocycles. The van der Waals surface area contributed by atoms with E-state index in [1.165, 1.54) is 5.56 Å². The summed E-state index contributed by atoms with van der Waals surface area (Å²) in [4.78, 5) is 16.4. The Hall–Kier alpha value is -2.01. The number of rotatable bonds is 6. The highest BCUT2D eigenvalue weighted by Gasteiger charge is 2.47. The van der Waals surface area contributed by atoms with Gasteiger partial charge in [-0.3, -0.25) is 9.69 Å². The molecule has 1 unspecified atom stereocenters. The van der Waals surface area contributed by atoms with Crippen molar-refractivity contribution in [2.75, 3.05) is 32.8 Å². The molecule has 160 valence electrons. The van der Waals surface area contributed by atoms with Gasteiger partial charge in [0.05, 0.1) is 17.6 Å². The van der Waals surface area contributed by atoms with Crippen LogP contribution in [0, 0.1) is 0 Å². The Morgan fingerprint density at radius 1 is 1.10 bits per heavy atom. The molecule has 2 aromatic carbocycles. The molecule has 2 aliphatic rings. The van der Waals surface area contributed by atoms with Crippen LogP contribution in [0.4, 0.5) is 0 Å². The van der Waals surface area contributed by atoms with E-state index in [1.54, 1.807) is 0 Å². The van der Waals surface area contributed by atoms with Crippen molar-refractivity contribution in [3.8, 4) is 0 Å².